The van der Waals surface area contributed by atoms with E-state index in [1.54, 1.807) is 7.11 Å². The third-order valence-corrected chi connectivity index (χ3v) is 6.21. The van der Waals surface area contributed by atoms with E-state index in [4.69, 9.17) is 14.2 Å². The van der Waals surface area contributed by atoms with E-state index in [0.29, 0.717) is 30.3 Å². The van der Waals surface area contributed by atoms with Crippen LogP contribution in [0.3, 0.4) is 0 Å². The summed E-state index contributed by atoms with van der Waals surface area (Å²) in [5, 5.41) is 6.77. The summed E-state index contributed by atoms with van der Waals surface area (Å²) >= 11 is 0. The molecule has 0 spiro atoms. The predicted octanol–water partition coefficient (Wildman–Crippen LogP) is 3.71. The van der Waals surface area contributed by atoms with Crippen LogP contribution in [0.4, 0.5) is 11.5 Å². The first-order valence-electron chi connectivity index (χ1n) is 12.8. The molecular formula is C28H37N5O5. The predicted molar refractivity (Wildman–Crippen MR) is 147 cm³/mol. The number of hydrogen-bond acceptors (Lipinski definition) is 9. The van der Waals surface area contributed by atoms with Crippen molar-refractivity contribution in [3.63, 3.8) is 0 Å². The zero-order valence-electron chi connectivity index (χ0n) is 22.7. The lowest BCUT2D eigenvalue weighted by atomic mass is 10.1. The van der Waals surface area contributed by atoms with Gasteiger partial charge in [0.1, 0.15) is 18.2 Å². The molecule has 2 aromatic carbocycles. The third kappa shape index (κ3) is 7.79. The number of aromatic nitrogens is 2. The number of benzene rings is 2. The largest absolute Gasteiger partial charge is 0.493 e. The first-order chi connectivity index (χ1) is 18.4. The van der Waals surface area contributed by atoms with E-state index in [0.717, 1.165) is 48.2 Å². The van der Waals surface area contributed by atoms with Crippen LogP contribution < -0.4 is 20.1 Å². The summed E-state index contributed by atoms with van der Waals surface area (Å²) in [6.45, 7) is 9.26. The maximum absolute atomic E-state index is 12.0. The SMILES string of the molecule is CCN(CC)CCCOc1cc2c(Nc3ccc(CC(NC(C)=O)C(=O)OC)cc3)ncnc2cc1OC. The molecule has 10 heteroatoms. The minimum absolute atomic E-state index is 0.293. The van der Waals surface area contributed by atoms with Crippen LogP contribution in [0, 0.1) is 0 Å². The Morgan fingerprint density at radius 2 is 1.76 bits per heavy atom. The Bertz CT molecular complexity index is 1210. The van der Waals surface area contributed by atoms with E-state index in [-0.39, 0.29) is 5.91 Å². The van der Waals surface area contributed by atoms with Crippen LogP contribution in [0.2, 0.25) is 0 Å². The van der Waals surface area contributed by atoms with Crippen molar-refractivity contribution in [2.24, 2.45) is 0 Å². The highest BCUT2D eigenvalue weighted by atomic mass is 16.5. The molecule has 0 saturated carbocycles. The van der Waals surface area contributed by atoms with Crippen LogP contribution in [0.15, 0.2) is 42.7 Å². The molecule has 0 aliphatic heterocycles. The fourth-order valence-electron chi connectivity index (χ4n) is 4.12. The fourth-order valence-corrected chi connectivity index (χ4v) is 4.12. The molecule has 3 rings (SSSR count). The van der Waals surface area contributed by atoms with E-state index >= 15 is 0 Å². The van der Waals surface area contributed by atoms with Gasteiger partial charge < -0.3 is 29.7 Å². The second kappa shape index (κ2) is 14.1. The molecule has 0 radical (unpaired) electrons. The number of carbonyl (C=O) groups is 2. The molecule has 0 saturated heterocycles. The minimum Gasteiger partial charge on any atom is -0.493 e. The molecule has 1 heterocycles. The van der Waals surface area contributed by atoms with Crippen molar-refractivity contribution in [3.05, 3.63) is 48.3 Å². The van der Waals surface area contributed by atoms with E-state index in [9.17, 15) is 9.59 Å². The lowest BCUT2D eigenvalue weighted by Crippen LogP contribution is -2.41. The molecule has 0 aliphatic carbocycles. The van der Waals surface area contributed by atoms with Gasteiger partial charge >= 0.3 is 5.97 Å². The zero-order chi connectivity index (χ0) is 27.5. The highest BCUT2D eigenvalue weighted by Crippen LogP contribution is 2.34. The number of carbonyl (C=O) groups excluding carboxylic acids is 2. The van der Waals surface area contributed by atoms with Crippen LogP contribution in [-0.4, -0.2) is 73.2 Å². The van der Waals surface area contributed by atoms with Gasteiger partial charge in [-0.25, -0.2) is 14.8 Å². The van der Waals surface area contributed by atoms with Gasteiger partial charge in [0.25, 0.3) is 0 Å². The maximum atomic E-state index is 12.0. The molecule has 1 unspecified atom stereocenters. The number of amides is 1. The Balaban J connectivity index is 1.75. The first-order valence-corrected chi connectivity index (χ1v) is 12.8. The molecular weight excluding hydrogens is 486 g/mol. The number of ether oxygens (including phenoxy) is 3. The van der Waals surface area contributed by atoms with Crippen LogP contribution in [-0.2, 0) is 20.7 Å². The summed E-state index contributed by atoms with van der Waals surface area (Å²) in [6, 6.07) is 10.5. The maximum Gasteiger partial charge on any atom is 0.328 e. The second-order valence-electron chi connectivity index (χ2n) is 8.77. The van der Waals surface area contributed by atoms with E-state index in [1.165, 1.54) is 20.4 Å². The Morgan fingerprint density at radius 1 is 1.03 bits per heavy atom. The summed E-state index contributed by atoms with van der Waals surface area (Å²) in [5.41, 5.74) is 2.40. The number of nitrogens with zero attached hydrogens (tertiary/aromatic N) is 3. The molecule has 0 aliphatic rings. The van der Waals surface area contributed by atoms with Crippen molar-refractivity contribution >= 4 is 34.3 Å². The monoisotopic (exact) mass is 523 g/mol. The second-order valence-corrected chi connectivity index (χ2v) is 8.77. The van der Waals surface area contributed by atoms with Crippen molar-refractivity contribution in [2.75, 3.05) is 45.8 Å². The number of hydrogen-bond donors (Lipinski definition) is 2. The molecule has 10 nitrogen and oxygen atoms in total. The quantitative estimate of drug-likeness (QED) is 0.241. The Morgan fingerprint density at radius 3 is 2.39 bits per heavy atom. The smallest absolute Gasteiger partial charge is 0.328 e. The van der Waals surface area contributed by atoms with Crippen molar-refractivity contribution in [3.8, 4) is 11.5 Å². The number of fused-ring (bicyclic) bond motifs is 1. The average molecular weight is 524 g/mol. The molecule has 204 valence electrons. The third-order valence-electron chi connectivity index (χ3n) is 6.21. The van der Waals surface area contributed by atoms with Gasteiger partial charge in [0, 0.05) is 37.0 Å². The summed E-state index contributed by atoms with van der Waals surface area (Å²) in [6.07, 6.45) is 2.72. The van der Waals surface area contributed by atoms with Crippen molar-refractivity contribution < 1.29 is 23.8 Å². The number of rotatable bonds is 14. The van der Waals surface area contributed by atoms with E-state index < -0.39 is 12.0 Å². The molecule has 3 aromatic rings. The van der Waals surface area contributed by atoms with Crippen LogP contribution in [0.5, 0.6) is 11.5 Å². The molecule has 1 atom stereocenters. The van der Waals surface area contributed by atoms with Gasteiger partial charge in [-0.3, -0.25) is 4.79 Å². The summed E-state index contributed by atoms with van der Waals surface area (Å²) in [5.74, 6) is 1.10. The summed E-state index contributed by atoms with van der Waals surface area (Å²) in [7, 11) is 2.91. The van der Waals surface area contributed by atoms with Gasteiger partial charge in [0.2, 0.25) is 5.91 Å². The van der Waals surface area contributed by atoms with Crippen LogP contribution >= 0.6 is 0 Å². The Kier molecular flexibility index (Phi) is 10.7. The van der Waals surface area contributed by atoms with Gasteiger partial charge in [-0.2, -0.15) is 0 Å². The molecule has 0 fully saturated rings. The number of anilines is 2. The fraction of sp³-hybridized carbons (Fsp3) is 0.429. The van der Waals surface area contributed by atoms with Gasteiger partial charge in [0.05, 0.1) is 26.3 Å². The minimum atomic E-state index is -0.748. The van der Waals surface area contributed by atoms with Gasteiger partial charge in [0.15, 0.2) is 11.5 Å². The average Bonchev–Trinajstić information content (AvgIpc) is 2.93. The highest BCUT2D eigenvalue weighted by Gasteiger charge is 2.20. The number of esters is 1. The standard InChI is InChI=1S/C28H37N5O5/c1-6-33(7-2)13-8-14-38-26-16-22-23(17-25(26)36-4)29-18-30-27(22)32-21-11-9-20(10-12-21)15-24(28(35)37-5)31-19(3)34/h9-12,16-18,24H,6-8,13-15H2,1-5H3,(H,31,34)(H,29,30,32). The van der Waals surface area contributed by atoms with Gasteiger partial charge in [-0.05, 0) is 43.3 Å². The van der Waals surface area contributed by atoms with Crippen LogP contribution in [0.25, 0.3) is 10.9 Å². The van der Waals surface area contributed by atoms with Gasteiger partial charge in [-0.15, -0.1) is 0 Å². The normalized spacial score (nSPS) is 11.7. The Hall–Kier alpha value is -3.92. The lowest BCUT2D eigenvalue weighted by Gasteiger charge is -2.18. The van der Waals surface area contributed by atoms with E-state index in [2.05, 4.69) is 39.3 Å². The molecule has 1 amide bonds. The molecule has 38 heavy (non-hydrogen) atoms. The van der Waals surface area contributed by atoms with Crippen LogP contribution in [0.1, 0.15) is 32.8 Å². The van der Waals surface area contributed by atoms with Crippen molar-refractivity contribution in [1.82, 2.24) is 20.2 Å². The summed E-state index contributed by atoms with van der Waals surface area (Å²) < 4.78 is 16.4. The number of nitrogens with one attached hydrogen (secondary N) is 2. The molecule has 1 aromatic heterocycles. The lowest BCUT2D eigenvalue weighted by molar-refractivity contribution is -0.144. The Labute approximate surface area is 223 Å². The van der Waals surface area contributed by atoms with E-state index in [1.807, 2.05) is 36.4 Å². The highest BCUT2D eigenvalue weighted by molar-refractivity contribution is 5.93. The topological polar surface area (TPSA) is 115 Å². The summed E-state index contributed by atoms with van der Waals surface area (Å²) in [4.78, 5) is 34.7. The number of methoxy groups -OCH3 is 2. The zero-order valence-corrected chi connectivity index (χ0v) is 22.7. The molecule has 0 bridgehead atoms. The van der Waals surface area contributed by atoms with Crippen molar-refractivity contribution in [1.29, 1.82) is 0 Å². The van der Waals surface area contributed by atoms with Crippen molar-refractivity contribution in [2.45, 2.75) is 39.7 Å². The van der Waals surface area contributed by atoms with Gasteiger partial charge in [-0.1, -0.05) is 26.0 Å². The molecule has 2 N–H and O–H groups in total. The first kappa shape index (κ1) is 28.6.